The van der Waals surface area contributed by atoms with E-state index in [2.05, 4.69) is 16.1 Å². The third kappa shape index (κ3) is 5.40. The highest BCUT2D eigenvalue weighted by atomic mass is 19.4. The number of nitrogens with zero attached hydrogens (tertiary/aromatic N) is 1. The highest BCUT2D eigenvalue weighted by Crippen LogP contribution is 2.27. The molecule has 0 unspecified atom stereocenters. The van der Waals surface area contributed by atoms with Crippen molar-refractivity contribution in [2.45, 2.75) is 6.36 Å². The van der Waals surface area contributed by atoms with E-state index in [9.17, 15) is 18.0 Å². The van der Waals surface area contributed by atoms with E-state index in [1.54, 1.807) is 6.07 Å². The average Bonchev–Trinajstić information content (AvgIpc) is 2.42. The van der Waals surface area contributed by atoms with E-state index < -0.39 is 23.7 Å². The number of ether oxygens (including phenoxy) is 2. The van der Waals surface area contributed by atoms with Crippen molar-refractivity contribution in [3.8, 4) is 11.8 Å². The fourth-order valence-electron chi connectivity index (χ4n) is 1.32. The van der Waals surface area contributed by atoms with Crippen LogP contribution in [0.3, 0.4) is 0 Å². The summed E-state index contributed by atoms with van der Waals surface area (Å²) >= 11 is 0. The Morgan fingerprint density at radius 2 is 2.05 bits per heavy atom. The molecule has 0 aliphatic carbocycles. The average molecular weight is 297 g/mol. The van der Waals surface area contributed by atoms with E-state index in [4.69, 9.17) is 5.26 Å². The van der Waals surface area contributed by atoms with Crippen LogP contribution < -0.4 is 4.74 Å². The van der Waals surface area contributed by atoms with Crippen LogP contribution in [0.4, 0.5) is 13.2 Å². The molecule has 0 aromatic heterocycles. The molecule has 0 aliphatic rings. The van der Waals surface area contributed by atoms with Crippen molar-refractivity contribution < 1.29 is 27.4 Å². The van der Waals surface area contributed by atoms with Gasteiger partial charge in [-0.1, -0.05) is 30.9 Å². The Labute approximate surface area is 118 Å². The Balaban J connectivity index is 3.09. The van der Waals surface area contributed by atoms with Gasteiger partial charge in [0.1, 0.15) is 24.0 Å². The first-order valence-corrected chi connectivity index (χ1v) is 5.62. The van der Waals surface area contributed by atoms with Crippen molar-refractivity contribution in [1.82, 2.24) is 0 Å². The van der Waals surface area contributed by atoms with Crippen LogP contribution in [0.1, 0.15) is 5.56 Å². The standard InChI is InChI=1S/C14H10F3NO3/c1-2-7-20-13(19)11(9-18)8-10-5-3-4-6-12(10)21-14(15,16)17/h2-6,8H,1,7H2/b11-8-. The number of para-hydroxylation sites is 1. The van der Waals surface area contributed by atoms with Gasteiger partial charge in [-0.15, -0.1) is 13.2 Å². The van der Waals surface area contributed by atoms with E-state index in [1.807, 2.05) is 0 Å². The first kappa shape index (κ1) is 16.3. The van der Waals surface area contributed by atoms with Crippen LogP contribution in [0.2, 0.25) is 0 Å². The van der Waals surface area contributed by atoms with E-state index in [0.29, 0.717) is 0 Å². The van der Waals surface area contributed by atoms with E-state index >= 15 is 0 Å². The second kappa shape index (κ2) is 7.14. The highest BCUT2D eigenvalue weighted by molar-refractivity contribution is 5.98. The molecule has 0 spiro atoms. The number of hydrogen-bond acceptors (Lipinski definition) is 4. The summed E-state index contributed by atoms with van der Waals surface area (Å²) in [5.41, 5.74) is -0.517. The Bertz CT molecular complexity index is 600. The van der Waals surface area contributed by atoms with Gasteiger partial charge in [-0.25, -0.2) is 4.79 Å². The van der Waals surface area contributed by atoms with Gasteiger partial charge < -0.3 is 9.47 Å². The molecule has 0 saturated carbocycles. The lowest BCUT2D eigenvalue weighted by atomic mass is 10.1. The molecule has 4 nitrogen and oxygen atoms in total. The van der Waals surface area contributed by atoms with Gasteiger partial charge in [0.25, 0.3) is 0 Å². The number of esters is 1. The molecular formula is C14H10F3NO3. The van der Waals surface area contributed by atoms with E-state index in [-0.39, 0.29) is 12.2 Å². The summed E-state index contributed by atoms with van der Waals surface area (Å²) in [7, 11) is 0. The molecular weight excluding hydrogens is 287 g/mol. The molecule has 21 heavy (non-hydrogen) atoms. The molecule has 110 valence electrons. The van der Waals surface area contributed by atoms with Gasteiger partial charge in [0.2, 0.25) is 0 Å². The molecule has 7 heteroatoms. The summed E-state index contributed by atoms with van der Waals surface area (Å²) in [5, 5.41) is 8.87. The van der Waals surface area contributed by atoms with Crippen LogP contribution in [0.15, 0.2) is 42.5 Å². The van der Waals surface area contributed by atoms with Crippen molar-refractivity contribution in [3.63, 3.8) is 0 Å². The summed E-state index contributed by atoms with van der Waals surface area (Å²) in [6, 6.07) is 6.69. The lowest BCUT2D eigenvalue weighted by Gasteiger charge is -2.11. The van der Waals surface area contributed by atoms with Crippen molar-refractivity contribution in [2.75, 3.05) is 6.61 Å². The Morgan fingerprint density at radius 3 is 2.62 bits per heavy atom. The molecule has 0 bridgehead atoms. The van der Waals surface area contributed by atoms with Gasteiger partial charge in [0.15, 0.2) is 0 Å². The molecule has 0 radical (unpaired) electrons. The highest BCUT2D eigenvalue weighted by Gasteiger charge is 2.31. The van der Waals surface area contributed by atoms with Gasteiger partial charge in [0, 0.05) is 5.56 Å². The zero-order valence-electron chi connectivity index (χ0n) is 10.7. The monoisotopic (exact) mass is 297 g/mol. The maximum atomic E-state index is 12.3. The largest absolute Gasteiger partial charge is 0.573 e. The summed E-state index contributed by atoms with van der Waals surface area (Å²) in [6.45, 7) is 3.22. The fraction of sp³-hybridized carbons (Fsp3) is 0.143. The molecule has 0 fully saturated rings. The number of alkyl halides is 3. The third-order valence-electron chi connectivity index (χ3n) is 2.12. The number of hydrogen-bond donors (Lipinski definition) is 0. The van der Waals surface area contributed by atoms with Crippen LogP contribution in [-0.2, 0) is 9.53 Å². The number of carbonyl (C=O) groups excluding carboxylic acids is 1. The van der Waals surface area contributed by atoms with Crippen molar-refractivity contribution >= 4 is 12.0 Å². The number of rotatable bonds is 5. The normalized spacial score (nSPS) is 11.4. The summed E-state index contributed by atoms with van der Waals surface area (Å²) in [4.78, 5) is 11.5. The maximum Gasteiger partial charge on any atom is 0.573 e. The topological polar surface area (TPSA) is 59.3 Å². The SMILES string of the molecule is C=CCOC(=O)/C(C#N)=C\c1ccccc1OC(F)(F)F. The third-order valence-corrected chi connectivity index (χ3v) is 2.12. The first-order valence-electron chi connectivity index (χ1n) is 5.62. The van der Waals surface area contributed by atoms with E-state index in [0.717, 1.165) is 12.1 Å². The number of carbonyl (C=O) groups is 1. The minimum atomic E-state index is -4.87. The van der Waals surface area contributed by atoms with Crippen LogP contribution in [-0.4, -0.2) is 18.9 Å². The van der Waals surface area contributed by atoms with Gasteiger partial charge in [-0.3, -0.25) is 0 Å². The predicted molar refractivity (Wildman–Crippen MR) is 67.9 cm³/mol. The molecule has 0 amide bonds. The molecule has 0 N–H and O–H groups in total. The van der Waals surface area contributed by atoms with Gasteiger partial charge in [0.05, 0.1) is 0 Å². The Hall–Kier alpha value is -2.75. The molecule has 0 atom stereocenters. The quantitative estimate of drug-likeness (QED) is 0.362. The molecule has 0 heterocycles. The molecule has 1 rings (SSSR count). The lowest BCUT2D eigenvalue weighted by molar-refractivity contribution is -0.274. The maximum absolute atomic E-state index is 12.3. The van der Waals surface area contributed by atoms with Crippen molar-refractivity contribution in [2.24, 2.45) is 0 Å². The first-order chi connectivity index (χ1) is 9.87. The molecule has 1 aromatic carbocycles. The minimum Gasteiger partial charge on any atom is -0.457 e. The molecule has 1 aromatic rings. The second-order valence-corrected chi connectivity index (χ2v) is 3.64. The van der Waals surface area contributed by atoms with Gasteiger partial charge in [-0.2, -0.15) is 5.26 Å². The Morgan fingerprint density at radius 1 is 1.38 bits per heavy atom. The van der Waals surface area contributed by atoms with Crippen LogP contribution in [0.5, 0.6) is 5.75 Å². The molecule has 0 saturated heterocycles. The van der Waals surface area contributed by atoms with Gasteiger partial charge >= 0.3 is 12.3 Å². The predicted octanol–water partition coefficient (Wildman–Crippen LogP) is 3.22. The molecule has 0 aliphatic heterocycles. The van der Waals surface area contributed by atoms with Crippen LogP contribution in [0.25, 0.3) is 6.08 Å². The second-order valence-electron chi connectivity index (χ2n) is 3.64. The summed E-state index contributed by atoms with van der Waals surface area (Å²) in [6.07, 6.45) is -2.61. The lowest BCUT2D eigenvalue weighted by Crippen LogP contribution is -2.17. The van der Waals surface area contributed by atoms with Crippen molar-refractivity contribution in [1.29, 1.82) is 5.26 Å². The van der Waals surface area contributed by atoms with Gasteiger partial charge in [-0.05, 0) is 12.1 Å². The zero-order valence-corrected chi connectivity index (χ0v) is 10.7. The smallest absolute Gasteiger partial charge is 0.457 e. The number of halogens is 3. The Kier molecular flexibility index (Phi) is 5.55. The van der Waals surface area contributed by atoms with Crippen LogP contribution in [0, 0.1) is 11.3 Å². The number of nitriles is 1. The minimum absolute atomic E-state index is 0.0677. The zero-order chi connectivity index (χ0) is 15.9. The summed E-state index contributed by atoms with van der Waals surface area (Å²) in [5.74, 6) is -1.48. The van der Waals surface area contributed by atoms with Crippen molar-refractivity contribution in [3.05, 3.63) is 48.1 Å². The fourth-order valence-corrected chi connectivity index (χ4v) is 1.32. The van der Waals surface area contributed by atoms with E-state index in [1.165, 1.54) is 24.3 Å². The summed E-state index contributed by atoms with van der Waals surface area (Å²) < 4.78 is 45.2. The van der Waals surface area contributed by atoms with Crippen LogP contribution >= 0.6 is 0 Å². The number of benzene rings is 1.